The van der Waals surface area contributed by atoms with Gasteiger partial charge in [0.25, 0.3) is 0 Å². The molecule has 2 aromatic carbocycles. The zero-order valence-corrected chi connectivity index (χ0v) is 15.0. The molecule has 2 aromatic rings. The molecule has 0 bridgehead atoms. The normalized spacial score (nSPS) is 24.1. The fraction of sp³-hybridized carbons (Fsp3) is 0.263. The van der Waals surface area contributed by atoms with Gasteiger partial charge in [0.15, 0.2) is 0 Å². The number of rotatable bonds is 0. The van der Waals surface area contributed by atoms with Gasteiger partial charge in [-0.05, 0) is 57.9 Å². The number of benzene rings is 2. The maximum atomic E-state index is 3.94. The highest BCUT2D eigenvalue weighted by atomic mass is 79.9. The van der Waals surface area contributed by atoms with Crippen LogP contribution in [0.2, 0.25) is 0 Å². The van der Waals surface area contributed by atoms with Crippen molar-refractivity contribution in [2.75, 3.05) is 0 Å². The molecule has 106 valence electrons. The van der Waals surface area contributed by atoms with E-state index in [1.165, 1.54) is 31.9 Å². The third kappa shape index (κ3) is 2.07. The summed E-state index contributed by atoms with van der Waals surface area (Å²) < 4.78 is 1.20. The Bertz CT molecular complexity index is 799. The quantitative estimate of drug-likeness (QED) is 0.454. The summed E-state index contributed by atoms with van der Waals surface area (Å²) >= 11 is 7.71. The average Bonchev–Trinajstić information content (AvgIpc) is 2.49. The lowest BCUT2D eigenvalue weighted by Gasteiger charge is -2.33. The summed E-state index contributed by atoms with van der Waals surface area (Å²) in [6.07, 6.45) is 6.88. The van der Waals surface area contributed by atoms with E-state index < -0.39 is 0 Å². The van der Waals surface area contributed by atoms with Crippen molar-refractivity contribution in [3.8, 4) is 0 Å². The van der Waals surface area contributed by atoms with Crippen molar-refractivity contribution >= 4 is 48.2 Å². The van der Waals surface area contributed by atoms with E-state index in [1.807, 2.05) is 0 Å². The molecule has 0 fully saturated rings. The van der Waals surface area contributed by atoms with Crippen LogP contribution in [0.5, 0.6) is 0 Å². The number of halogens is 2. The Labute approximate surface area is 142 Å². The summed E-state index contributed by atoms with van der Waals surface area (Å²) in [5, 5.41) is 2.69. The Balaban J connectivity index is 2.08. The van der Waals surface area contributed by atoms with E-state index in [4.69, 9.17) is 0 Å². The second-order valence-electron chi connectivity index (χ2n) is 6.01. The van der Waals surface area contributed by atoms with Crippen LogP contribution in [0.3, 0.4) is 0 Å². The lowest BCUT2D eigenvalue weighted by atomic mass is 9.76. The lowest BCUT2D eigenvalue weighted by Crippen LogP contribution is -2.22. The molecule has 0 saturated carbocycles. The maximum Gasteiger partial charge on any atom is 0.0407 e. The van der Waals surface area contributed by atoms with Crippen molar-refractivity contribution in [2.45, 2.75) is 24.6 Å². The second-order valence-corrected chi connectivity index (χ2v) is 7.97. The third-order valence-corrected chi connectivity index (χ3v) is 6.21. The van der Waals surface area contributed by atoms with E-state index in [1.54, 1.807) is 5.57 Å². The maximum absolute atomic E-state index is 3.94. The molecule has 0 aliphatic heterocycles. The van der Waals surface area contributed by atoms with E-state index >= 15 is 0 Å². The van der Waals surface area contributed by atoms with Crippen molar-refractivity contribution in [1.82, 2.24) is 0 Å². The second kappa shape index (κ2) is 5.10. The van der Waals surface area contributed by atoms with Crippen molar-refractivity contribution in [3.05, 3.63) is 63.7 Å². The molecule has 0 spiro atoms. The predicted molar refractivity (Wildman–Crippen MR) is 97.9 cm³/mol. The molecule has 1 unspecified atom stereocenters. The lowest BCUT2D eigenvalue weighted by molar-refractivity contribution is 0.654. The van der Waals surface area contributed by atoms with Crippen LogP contribution in [0.4, 0.5) is 0 Å². The highest BCUT2D eigenvalue weighted by molar-refractivity contribution is 9.10. The molecule has 2 aliphatic carbocycles. The molecule has 0 saturated heterocycles. The van der Waals surface area contributed by atoms with Crippen LogP contribution < -0.4 is 0 Å². The van der Waals surface area contributed by atoms with E-state index in [9.17, 15) is 0 Å². The monoisotopic (exact) mass is 402 g/mol. The van der Waals surface area contributed by atoms with Gasteiger partial charge < -0.3 is 0 Å². The van der Waals surface area contributed by atoms with E-state index in [0.29, 0.717) is 10.7 Å². The molecule has 0 heterocycles. The molecule has 2 atom stereocenters. The third-order valence-electron chi connectivity index (χ3n) is 4.73. The molecular weight excluding hydrogens is 388 g/mol. The van der Waals surface area contributed by atoms with Crippen molar-refractivity contribution < 1.29 is 0 Å². The van der Waals surface area contributed by atoms with Gasteiger partial charge >= 0.3 is 0 Å². The zero-order chi connectivity index (χ0) is 14.6. The topological polar surface area (TPSA) is 0 Å². The van der Waals surface area contributed by atoms with E-state index in [0.717, 1.165) is 12.8 Å². The number of hydrogen-bond acceptors (Lipinski definition) is 0. The van der Waals surface area contributed by atoms with Crippen LogP contribution in [-0.4, -0.2) is 4.83 Å². The molecule has 0 aromatic heterocycles. The van der Waals surface area contributed by atoms with Crippen molar-refractivity contribution in [2.24, 2.45) is 5.92 Å². The minimum Gasteiger partial charge on any atom is -0.0838 e. The molecule has 4 rings (SSSR count). The van der Waals surface area contributed by atoms with E-state index in [2.05, 4.69) is 81.3 Å². The Morgan fingerprint density at radius 3 is 2.71 bits per heavy atom. The van der Waals surface area contributed by atoms with Crippen LogP contribution in [0.25, 0.3) is 16.3 Å². The highest BCUT2D eigenvalue weighted by Gasteiger charge is 2.30. The molecule has 0 amide bonds. The van der Waals surface area contributed by atoms with Gasteiger partial charge in [-0.1, -0.05) is 75.2 Å². The van der Waals surface area contributed by atoms with Gasteiger partial charge in [-0.2, -0.15) is 0 Å². The fourth-order valence-corrected chi connectivity index (χ4v) is 5.34. The molecule has 0 nitrogen and oxygen atoms in total. The average molecular weight is 404 g/mol. The summed E-state index contributed by atoms with van der Waals surface area (Å²) in [6, 6.07) is 11.0. The highest BCUT2D eigenvalue weighted by Crippen LogP contribution is 2.45. The molecular formula is C19H16Br2. The molecule has 21 heavy (non-hydrogen) atoms. The molecule has 2 aliphatic rings. The van der Waals surface area contributed by atoms with Gasteiger partial charge in [0.1, 0.15) is 0 Å². The Hall–Kier alpha value is -0.860. The molecule has 2 heteroatoms. The van der Waals surface area contributed by atoms with Gasteiger partial charge in [-0.25, -0.2) is 0 Å². The first-order valence-corrected chi connectivity index (χ1v) is 9.13. The van der Waals surface area contributed by atoms with Crippen molar-refractivity contribution in [1.29, 1.82) is 0 Å². The smallest absolute Gasteiger partial charge is 0.0407 e. The zero-order valence-electron chi connectivity index (χ0n) is 11.9. The molecule has 0 N–H and O–H groups in total. The standard InChI is InChI=1S/C19H16Br2/c1-11-5-4-8-14-16-9-17(20)13-7-3-2-6-12(13)15(16)10-18(21)19(11)14/h2-4,6-9,11,18H,5,10H2,1H3/t11-,18?/m1/s1. The predicted octanol–water partition coefficient (Wildman–Crippen LogP) is 6.27. The number of hydrogen-bond donors (Lipinski definition) is 0. The number of alkyl halides is 1. The first-order chi connectivity index (χ1) is 10.2. The summed E-state index contributed by atoms with van der Waals surface area (Å²) in [5.74, 6) is 0.632. The Kier molecular flexibility index (Phi) is 3.35. The Morgan fingerprint density at radius 1 is 1.14 bits per heavy atom. The molecule has 0 radical (unpaired) electrons. The minimum absolute atomic E-state index is 0.463. The van der Waals surface area contributed by atoms with Crippen LogP contribution in [0, 0.1) is 5.92 Å². The summed E-state index contributed by atoms with van der Waals surface area (Å²) in [7, 11) is 0. The van der Waals surface area contributed by atoms with Crippen LogP contribution >= 0.6 is 31.9 Å². The van der Waals surface area contributed by atoms with Crippen molar-refractivity contribution in [3.63, 3.8) is 0 Å². The van der Waals surface area contributed by atoms with Gasteiger partial charge in [0.05, 0.1) is 0 Å². The first-order valence-electron chi connectivity index (χ1n) is 7.42. The first kappa shape index (κ1) is 13.8. The summed E-state index contributed by atoms with van der Waals surface area (Å²) in [5.41, 5.74) is 5.90. The SMILES string of the molecule is C[C@@H]1CC=CC2=C1C(Br)Cc1c2cc(Br)c2ccccc12. The fourth-order valence-electron chi connectivity index (χ4n) is 3.74. The summed E-state index contributed by atoms with van der Waals surface area (Å²) in [4.78, 5) is 0.463. The largest absolute Gasteiger partial charge is 0.0838 e. The minimum atomic E-state index is 0.463. The Morgan fingerprint density at radius 2 is 1.90 bits per heavy atom. The van der Waals surface area contributed by atoms with Crippen LogP contribution in [-0.2, 0) is 6.42 Å². The number of fused-ring (bicyclic) bond motifs is 4. The van der Waals surface area contributed by atoms with Gasteiger partial charge in [0, 0.05) is 9.30 Å². The van der Waals surface area contributed by atoms with Crippen LogP contribution in [0.15, 0.2) is 52.5 Å². The van der Waals surface area contributed by atoms with Gasteiger partial charge in [-0.3, -0.25) is 0 Å². The summed E-state index contributed by atoms with van der Waals surface area (Å²) in [6.45, 7) is 2.34. The van der Waals surface area contributed by atoms with Crippen LogP contribution in [0.1, 0.15) is 24.5 Å². The van der Waals surface area contributed by atoms with E-state index in [-0.39, 0.29) is 0 Å². The number of allylic oxidation sites excluding steroid dienone is 4. The van der Waals surface area contributed by atoms with Gasteiger partial charge in [-0.15, -0.1) is 0 Å². The van der Waals surface area contributed by atoms with Gasteiger partial charge in [0.2, 0.25) is 0 Å².